The fourth-order valence-electron chi connectivity index (χ4n) is 2.50. The quantitative estimate of drug-likeness (QED) is 0.778. The summed E-state index contributed by atoms with van der Waals surface area (Å²) in [4.78, 5) is 4.42. The minimum Gasteiger partial charge on any atom is -0.504 e. The maximum atomic E-state index is 9.63. The van der Waals surface area contributed by atoms with E-state index in [-0.39, 0.29) is 5.75 Å². The third-order valence-electron chi connectivity index (χ3n) is 3.77. The first-order valence-electron chi connectivity index (χ1n) is 7.02. The molecule has 0 unspecified atom stereocenters. The first-order valence-corrected chi connectivity index (χ1v) is 7.43. The molecule has 0 atom stereocenters. The first kappa shape index (κ1) is 15.5. The van der Waals surface area contributed by atoms with Crippen LogP contribution in [0, 0.1) is 11.3 Å². The van der Waals surface area contributed by atoms with E-state index in [1.54, 1.807) is 12.1 Å². The number of piperazine rings is 1. The zero-order valence-electron chi connectivity index (χ0n) is 12.1. The van der Waals surface area contributed by atoms with E-state index >= 15 is 0 Å². The van der Waals surface area contributed by atoms with Crippen LogP contribution in [0.3, 0.4) is 0 Å². The standard InChI is InChI=1S/C15H19N3O2S/c1-20-14-11-12(3-4-13(14)19)15(21)18-9-7-17(8-10-18)6-2-5-16/h3-4,11,19H,2,6-10H2,1H3/p+1. The fraction of sp³-hybridized carbons (Fsp3) is 0.467. The van der Waals surface area contributed by atoms with Gasteiger partial charge in [-0.25, -0.2) is 0 Å². The highest BCUT2D eigenvalue weighted by atomic mass is 32.1. The van der Waals surface area contributed by atoms with Crippen LogP contribution in [0.4, 0.5) is 0 Å². The second kappa shape index (κ2) is 7.25. The first-order chi connectivity index (χ1) is 10.2. The van der Waals surface area contributed by atoms with E-state index in [1.807, 2.05) is 6.07 Å². The van der Waals surface area contributed by atoms with Gasteiger partial charge in [-0.2, -0.15) is 5.26 Å². The van der Waals surface area contributed by atoms with Crippen molar-refractivity contribution in [3.05, 3.63) is 23.8 Å². The van der Waals surface area contributed by atoms with Crippen molar-refractivity contribution in [2.24, 2.45) is 0 Å². The summed E-state index contributed by atoms with van der Waals surface area (Å²) in [5.74, 6) is 0.558. The highest BCUT2D eigenvalue weighted by molar-refractivity contribution is 7.80. The summed E-state index contributed by atoms with van der Waals surface area (Å²) >= 11 is 5.54. The number of phenolic OH excluding ortho intramolecular Hbond substituents is 1. The van der Waals surface area contributed by atoms with Crippen molar-refractivity contribution in [1.29, 1.82) is 5.26 Å². The molecule has 0 aliphatic carbocycles. The van der Waals surface area contributed by atoms with Crippen molar-refractivity contribution in [3.63, 3.8) is 0 Å². The van der Waals surface area contributed by atoms with Gasteiger partial charge in [-0.1, -0.05) is 12.2 Å². The van der Waals surface area contributed by atoms with Gasteiger partial charge in [0.15, 0.2) is 11.5 Å². The number of nitriles is 1. The molecule has 5 nitrogen and oxygen atoms in total. The summed E-state index contributed by atoms with van der Waals surface area (Å²) in [7, 11) is 1.53. The molecular formula is C15H20N3O2S+. The van der Waals surface area contributed by atoms with E-state index in [0.29, 0.717) is 12.2 Å². The number of hydrogen-bond donors (Lipinski definition) is 2. The molecular weight excluding hydrogens is 286 g/mol. The van der Waals surface area contributed by atoms with Gasteiger partial charge in [0.25, 0.3) is 0 Å². The summed E-state index contributed by atoms with van der Waals surface area (Å²) in [5.41, 5.74) is 0.889. The molecule has 0 amide bonds. The van der Waals surface area contributed by atoms with Crippen LogP contribution in [0.1, 0.15) is 12.0 Å². The molecule has 112 valence electrons. The van der Waals surface area contributed by atoms with Crippen LogP contribution in [0.2, 0.25) is 0 Å². The topological polar surface area (TPSA) is 60.9 Å². The van der Waals surface area contributed by atoms with Crippen LogP contribution < -0.4 is 9.64 Å². The highest BCUT2D eigenvalue weighted by Gasteiger charge is 2.22. The molecule has 0 radical (unpaired) electrons. The average Bonchev–Trinajstić information content (AvgIpc) is 2.53. The number of hydrogen-bond acceptors (Lipinski definition) is 4. The fourth-order valence-corrected chi connectivity index (χ4v) is 2.81. The number of thiocarbonyl (C=S) groups is 1. The number of ether oxygens (including phenoxy) is 1. The van der Waals surface area contributed by atoms with Crippen LogP contribution in [-0.4, -0.2) is 54.8 Å². The Morgan fingerprint density at radius 3 is 2.81 bits per heavy atom. The van der Waals surface area contributed by atoms with E-state index < -0.39 is 0 Å². The Labute approximate surface area is 130 Å². The summed E-state index contributed by atoms with van der Waals surface area (Å²) in [6.45, 7) is 4.68. The van der Waals surface area contributed by atoms with Crippen LogP contribution in [-0.2, 0) is 0 Å². The Morgan fingerprint density at radius 1 is 1.48 bits per heavy atom. The molecule has 1 heterocycles. The zero-order chi connectivity index (χ0) is 15.2. The maximum absolute atomic E-state index is 9.63. The van der Waals surface area contributed by atoms with Crippen molar-refractivity contribution < 1.29 is 14.7 Å². The van der Waals surface area contributed by atoms with Gasteiger partial charge in [0.2, 0.25) is 0 Å². The Balaban J connectivity index is 1.97. The van der Waals surface area contributed by atoms with E-state index in [4.69, 9.17) is 22.2 Å². The lowest BCUT2D eigenvalue weighted by molar-refractivity contribution is -0.903. The number of quaternary nitrogens is 1. The smallest absolute Gasteiger partial charge is 0.161 e. The van der Waals surface area contributed by atoms with Crippen LogP contribution >= 0.6 is 12.2 Å². The summed E-state index contributed by atoms with van der Waals surface area (Å²) in [6.07, 6.45) is 0.606. The lowest BCUT2D eigenvalue weighted by Gasteiger charge is -2.33. The van der Waals surface area contributed by atoms with Crippen LogP contribution in [0.25, 0.3) is 0 Å². The van der Waals surface area contributed by atoms with Crippen LogP contribution in [0.15, 0.2) is 18.2 Å². The van der Waals surface area contributed by atoms with Crippen molar-refractivity contribution >= 4 is 17.2 Å². The molecule has 0 bridgehead atoms. The third-order valence-corrected chi connectivity index (χ3v) is 4.27. The highest BCUT2D eigenvalue weighted by Crippen LogP contribution is 2.27. The second-order valence-electron chi connectivity index (χ2n) is 5.09. The van der Waals surface area contributed by atoms with E-state index in [1.165, 1.54) is 12.0 Å². The second-order valence-corrected chi connectivity index (χ2v) is 5.47. The largest absolute Gasteiger partial charge is 0.504 e. The van der Waals surface area contributed by atoms with Gasteiger partial charge in [0.1, 0.15) is 4.99 Å². The van der Waals surface area contributed by atoms with Gasteiger partial charge in [-0.3, -0.25) is 0 Å². The molecule has 1 saturated heterocycles. The van der Waals surface area contributed by atoms with Crippen molar-refractivity contribution in [2.75, 3.05) is 39.8 Å². The van der Waals surface area contributed by atoms with Gasteiger partial charge < -0.3 is 19.6 Å². The molecule has 2 N–H and O–H groups in total. The number of rotatable bonds is 4. The zero-order valence-corrected chi connectivity index (χ0v) is 12.9. The monoisotopic (exact) mass is 306 g/mol. The predicted molar refractivity (Wildman–Crippen MR) is 83.7 cm³/mol. The molecule has 6 heteroatoms. The van der Waals surface area contributed by atoms with E-state index in [2.05, 4.69) is 11.0 Å². The lowest BCUT2D eigenvalue weighted by atomic mass is 10.1. The molecule has 0 saturated carbocycles. The molecule has 21 heavy (non-hydrogen) atoms. The van der Waals surface area contributed by atoms with Crippen molar-refractivity contribution in [3.8, 4) is 17.6 Å². The van der Waals surface area contributed by atoms with Crippen LogP contribution in [0.5, 0.6) is 11.5 Å². The van der Waals surface area contributed by atoms with Gasteiger partial charge in [-0.05, 0) is 18.2 Å². The number of benzene rings is 1. The molecule has 1 fully saturated rings. The number of methoxy groups -OCH3 is 1. The Bertz CT molecular complexity index is 548. The maximum Gasteiger partial charge on any atom is 0.161 e. The summed E-state index contributed by atoms with van der Waals surface area (Å²) in [6, 6.07) is 7.39. The van der Waals surface area contributed by atoms with Gasteiger partial charge >= 0.3 is 0 Å². The molecule has 1 aromatic rings. The van der Waals surface area contributed by atoms with Gasteiger partial charge in [0, 0.05) is 5.56 Å². The molecule has 1 aliphatic rings. The Hall–Kier alpha value is -1.84. The third kappa shape index (κ3) is 3.84. The lowest BCUT2D eigenvalue weighted by Crippen LogP contribution is -3.14. The SMILES string of the molecule is COc1cc(C(=S)N2CC[NH+](CCC#N)CC2)ccc1O. The van der Waals surface area contributed by atoms with E-state index in [9.17, 15) is 5.11 Å². The molecule has 0 spiro atoms. The van der Waals surface area contributed by atoms with Crippen molar-refractivity contribution in [2.45, 2.75) is 6.42 Å². The van der Waals surface area contributed by atoms with Gasteiger partial charge in [0.05, 0.1) is 52.3 Å². The number of aromatic hydroxyl groups is 1. The summed E-state index contributed by atoms with van der Waals surface area (Å²) in [5, 5.41) is 18.3. The minimum atomic E-state index is 0.120. The molecule has 1 aromatic carbocycles. The molecule has 1 aliphatic heterocycles. The predicted octanol–water partition coefficient (Wildman–Crippen LogP) is 0.190. The molecule has 2 rings (SSSR count). The Kier molecular flexibility index (Phi) is 5.37. The number of nitrogens with zero attached hydrogens (tertiary/aromatic N) is 2. The number of nitrogens with one attached hydrogen (secondary N) is 1. The van der Waals surface area contributed by atoms with Gasteiger partial charge in [-0.15, -0.1) is 0 Å². The van der Waals surface area contributed by atoms with E-state index in [0.717, 1.165) is 43.3 Å². The Morgan fingerprint density at radius 2 is 2.19 bits per heavy atom. The normalized spacial score (nSPS) is 15.5. The molecule has 0 aromatic heterocycles. The number of phenols is 1. The minimum absolute atomic E-state index is 0.120. The summed E-state index contributed by atoms with van der Waals surface area (Å²) < 4.78 is 5.12. The van der Waals surface area contributed by atoms with Crippen molar-refractivity contribution in [1.82, 2.24) is 4.90 Å². The average molecular weight is 306 g/mol.